The van der Waals surface area contributed by atoms with Crippen LogP contribution in [-0.2, 0) is 11.3 Å². The average Bonchev–Trinajstić information content (AvgIpc) is 3.04. The van der Waals surface area contributed by atoms with Gasteiger partial charge >= 0.3 is 5.97 Å². The summed E-state index contributed by atoms with van der Waals surface area (Å²) in [6.07, 6.45) is 1.55. The predicted molar refractivity (Wildman–Crippen MR) is 174 cm³/mol. The van der Waals surface area contributed by atoms with Crippen LogP contribution in [0.5, 0.6) is 11.5 Å². The van der Waals surface area contributed by atoms with Gasteiger partial charge in [-0.1, -0.05) is 60.7 Å². The maximum atomic E-state index is 13.3. The molecular formula is C35H30BrN3O5. The molecule has 5 rings (SSSR count). The van der Waals surface area contributed by atoms with Crippen LogP contribution >= 0.6 is 15.9 Å². The number of carbonyl (C=O) groups is 2. The first-order valence-corrected chi connectivity index (χ1v) is 14.9. The van der Waals surface area contributed by atoms with Crippen molar-refractivity contribution >= 4 is 44.9 Å². The molecule has 1 amide bonds. The lowest BCUT2D eigenvalue weighted by molar-refractivity contribution is 0.0526. The summed E-state index contributed by atoms with van der Waals surface area (Å²) in [5.74, 6) is 0.334. The Kier molecular flexibility index (Phi) is 9.99. The quantitative estimate of drug-likeness (QED) is 0.0898. The highest BCUT2D eigenvalue weighted by Gasteiger charge is 2.15. The number of halogens is 1. The van der Waals surface area contributed by atoms with Gasteiger partial charge in [-0.05, 0) is 77.3 Å². The molecule has 44 heavy (non-hydrogen) atoms. The molecule has 0 aliphatic rings. The molecule has 1 aromatic heterocycles. The summed E-state index contributed by atoms with van der Waals surface area (Å²) in [7, 11) is 0. The summed E-state index contributed by atoms with van der Waals surface area (Å²) in [6, 6.07) is 29.7. The molecule has 0 saturated heterocycles. The van der Waals surface area contributed by atoms with Crippen molar-refractivity contribution in [1.29, 1.82) is 0 Å². The van der Waals surface area contributed by atoms with E-state index >= 15 is 0 Å². The molecule has 0 radical (unpaired) electrons. The number of hydrogen-bond donors (Lipinski definition) is 1. The van der Waals surface area contributed by atoms with Crippen LogP contribution < -0.4 is 14.9 Å². The lowest BCUT2D eigenvalue weighted by Gasteiger charge is -2.15. The van der Waals surface area contributed by atoms with Gasteiger partial charge in [0.05, 0.1) is 46.2 Å². The van der Waals surface area contributed by atoms with Gasteiger partial charge < -0.3 is 14.2 Å². The van der Waals surface area contributed by atoms with E-state index in [1.807, 2.05) is 79.7 Å². The average molecular weight is 653 g/mol. The molecule has 4 aromatic carbocycles. The third-order valence-corrected chi connectivity index (χ3v) is 7.18. The van der Waals surface area contributed by atoms with E-state index < -0.39 is 0 Å². The van der Waals surface area contributed by atoms with Gasteiger partial charge in [-0.3, -0.25) is 4.79 Å². The van der Waals surface area contributed by atoms with E-state index in [0.717, 1.165) is 22.0 Å². The largest absolute Gasteiger partial charge is 0.490 e. The monoisotopic (exact) mass is 651 g/mol. The number of esters is 1. The second-order valence-electron chi connectivity index (χ2n) is 9.61. The second-order valence-corrected chi connectivity index (χ2v) is 10.5. The van der Waals surface area contributed by atoms with Gasteiger partial charge in [-0.15, -0.1) is 0 Å². The van der Waals surface area contributed by atoms with Gasteiger partial charge in [-0.25, -0.2) is 15.2 Å². The minimum Gasteiger partial charge on any atom is -0.490 e. The van der Waals surface area contributed by atoms with Crippen molar-refractivity contribution < 1.29 is 23.8 Å². The van der Waals surface area contributed by atoms with Crippen LogP contribution in [0.4, 0.5) is 0 Å². The predicted octanol–water partition coefficient (Wildman–Crippen LogP) is 7.58. The number of carbonyl (C=O) groups excluding carboxylic acids is 2. The van der Waals surface area contributed by atoms with Crippen molar-refractivity contribution in [3.8, 4) is 22.8 Å². The fourth-order valence-corrected chi connectivity index (χ4v) is 5.09. The van der Waals surface area contributed by atoms with Gasteiger partial charge in [0.15, 0.2) is 11.5 Å². The van der Waals surface area contributed by atoms with Gasteiger partial charge in [0, 0.05) is 10.9 Å². The number of nitrogens with zero attached hydrogens (tertiary/aromatic N) is 2. The lowest BCUT2D eigenvalue weighted by atomic mass is 10.0. The van der Waals surface area contributed by atoms with Crippen LogP contribution in [0.1, 0.15) is 45.7 Å². The van der Waals surface area contributed by atoms with E-state index in [4.69, 9.17) is 19.2 Å². The van der Waals surface area contributed by atoms with Gasteiger partial charge in [-0.2, -0.15) is 5.10 Å². The summed E-state index contributed by atoms with van der Waals surface area (Å²) >= 11 is 3.58. The number of rotatable bonds is 11. The molecule has 0 aliphatic heterocycles. The molecule has 0 fully saturated rings. The number of ether oxygens (including phenoxy) is 3. The van der Waals surface area contributed by atoms with E-state index in [2.05, 4.69) is 26.5 Å². The van der Waals surface area contributed by atoms with Gasteiger partial charge in [0.2, 0.25) is 0 Å². The zero-order valence-electron chi connectivity index (χ0n) is 24.2. The Balaban J connectivity index is 1.31. The Labute approximate surface area is 263 Å². The highest BCUT2D eigenvalue weighted by Crippen LogP contribution is 2.37. The maximum absolute atomic E-state index is 13.3. The normalized spacial score (nSPS) is 11.0. The van der Waals surface area contributed by atoms with E-state index in [1.54, 1.807) is 37.4 Å². The third kappa shape index (κ3) is 7.30. The Morgan fingerprint density at radius 1 is 0.886 bits per heavy atom. The summed E-state index contributed by atoms with van der Waals surface area (Å²) in [4.78, 5) is 30.0. The minimum atomic E-state index is -0.360. The first-order chi connectivity index (χ1) is 21.5. The van der Waals surface area contributed by atoms with Crippen LogP contribution in [0.3, 0.4) is 0 Å². The molecule has 1 N–H and O–H groups in total. The molecule has 8 nitrogen and oxygen atoms in total. The SMILES string of the molecule is CCOC(=O)c1ccc(COc2c(Br)cc(/C=N\NC(=O)c3cc(-c4ccccc4)nc4ccccc34)cc2OCC)cc1. The van der Waals surface area contributed by atoms with Crippen LogP contribution in [0, 0.1) is 0 Å². The van der Waals surface area contributed by atoms with Crippen molar-refractivity contribution in [2.45, 2.75) is 20.5 Å². The smallest absolute Gasteiger partial charge is 0.338 e. The molecule has 1 heterocycles. The van der Waals surface area contributed by atoms with Crippen LogP contribution in [-0.4, -0.2) is 36.3 Å². The number of nitrogens with one attached hydrogen (secondary N) is 1. The lowest BCUT2D eigenvalue weighted by Crippen LogP contribution is -2.18. The van der Waals surface area contributed by atoms with E-state index in [9.17, 15) is 9.59 Å². The van der Waals surface area contributed by atoms with Gasteiger partial charge in [0.1, 0.15) is 6.61 Å². The summed E-state index contributed by atoms with van der Waals surface area (Å²) in [5.41, 5.74) is 7.52. The van der Waals surface area contributed by atoms with Crippen LogP contribution in [0.25, 0.3) is 22.2 Å². The molecule has 0 spiro atoms. The maximum Gasteiger partial charge on any atom is 0.338 e. The molecule has 5 aromatic rings. The van der Waals surface area contributed by atoms with Crippen molar-refractivity contribution in [3.05, 3.63) is 124 Å². The molecule has 0 aliphatic carbocycles. The van der Waals surface area contributed by atoms with E-state index in [-0.39, 0.29) is 18.5 Å². The van der Waals surface area contributed by atoms with Crippen molar-refractivity contribution in [2.24, 2.45) is 5.10 Å². The van der Waals surface area contributed by atoms with Crippen molar-refractivity contribution in [2.75, 3.05) is 13.2 Å². The minimum absolute atomic E-state index is 0.260. The molecular weight excluding hydrogens is 622 g/mol. The topological polar surface area (TPSA) is 99.1 Å². The zero-order valence-corrected chi connectivity index (χ0v) is 25.8. The molecule has 0 unspecified atom stereocenters. The van der Waals surface area contributed by atoms with Crippen LogP contribution in [0.2, 0.25) is 0 Å². The summed E-state index contributed by atoms with van der Waals surface area (Å²) in [5, 5.41) is 4.96. The number of aromatic nitrogens is 1. The number of hydrogen-bond acceptors (Lipinski definition) is 7. The molecule has 0 saturated carbocycles. The third-order valence-electron chi connectivity index (χ3n) is 6.59. The van der Waals surface area contributed by atoms with E-state index in [0.29, 0.717) is 51.6 Å². The number of pyridine rings is 1. The van der Waals surface area contributed by atoms with Gasteiger partial charge in [0.25, 0.3) is 5.91 Å². The fourth-order valence-electron chi connectivity index (χ4n) is 4.52. The first-order valence-electron chi connectivity index (χ1n) is 14.1. The van der Waals surface area contributed by atoms with Crippen molar-refractivity contribution in [1.82, 2.24) is 10.4 Å². The summed E-state index contributed by atoms with van der Waals surface area (Å²) in [6.45, 7) is 4.66. The van der Waals surface area contributed by atoms with E-state index in [1.165, 1.54) is 0 Å². The standard InChI is InChI=1S/C35H30BrN3O5/c1-3-42-32-19-24(18-29(36)33(32)44-22-23-14-16-26(17-15-23)35(41)43-4-2)21-37-39-34(40)28-20-31(25-10-6-5-7-11-25)38-30-13-9-8-12-27(28)30/h5-21H,3-4,22H2,1-2H3,(H,39,40)/b37-21-. The molecule has 0 bridgehead atoms. The number of amides is 1. The van der Waals surface area contributed by atoms with Crippen LogP contribution in [0.15, 0.2) is 107 Å². The Morgan fingerprint density at radius 2 is 1.64 bits per heavy atom. The number of fused-ring (bicyclic) bond motifs is 1. The Hall–Kier alpha value is -5.02. The fraction of sp³-hybridized carbons (Fsp3) is 0.143. The second kappa shape index (κ2) is 14.4. The zero-order chi connectivity index (χ0) is 30.9. The number of para-hydroxylation sites is 1. The summed E-state index contributed by atoms with van der Waals surface area (Å²) < 4.78 is 17.6. The molecule has 222 valence electrons. The molecule has 9 heteroatoms. The number of hydrazone groups is 1. The highest BCUT2D eigenvalue weighted by atomic mass is 79.9. The number of benzene rings is 4. The van der Waals surface area contributed by atoms with Crippen molar-refractivity contribution in [3.63, 3.8) is 0 Å². The Bertz CT molecular complexity index is 1810. The first kappa shape index (κ1) is 30.4. The molecule has 0 atom stereocenters. The highest BCUT2D eigenvalue weighted by molar-refractivity contribution is 9.10. The Morgan fingerprint density at radius 3 is 2.39 bits per heavy atom.